The fraction of sp³-hybridized carbons (Fsp3) is 0.355. The Morgan fingerprint density at radius 1 is 0.900 bits per heavy atom. The summed E-state index contributed by atoms with van der Waals surface area (Å²) in [6.07, 6.45) is 1.10. The van der Waals surface area contributed by atoms with Crippen molar-refractivity contribution in [2.24, 2.45) is 0 Å². The van der Waals surface area contributed by atoms with Gasteiger partial charge in [0.2, 0.25) is 11.8 Å². The Balaban J connectivity index is 2.02. The van der Waals surface area contributed by atoms with E-state index in [9.17, 15) is 18.0 Å². The summed E-state index contributed by atoms with van der Waals surface area (Å²) in [7, 11) is -2.51. The highest BCUT2D eigenvalue weighted by Crippen LogP contribution is 2.25. The minimum Gasteiger partial charge on any atom is -0.497 e. The van der Waals surface area contributed by atoms with Crippen molar-refractivity contribution in [2.75, 3.05) is 18.0 Å². The third-order valence-corrected chi connectivity index (χ3v) is 8.62. The van der Waals surface area contributed by atoms with Crippen LogP contribution in [0.15, 0.2) is 83.8 Å². The monoisotopic (exact) mass is 565 g/mol. The van der Waals surface area contributed by atoms with Crippen molar-refractivity contribution in [3.8, 4) is 5.75 Å². The van der Waals surface area contributed by atoms with E-state index in [0.717, 1.165) is 21.9 Å². The predicted octanol–water partition coefficient (Wildman–Crippen LogP) is 4.92. The van der Waals surface area contributed by atoms with Gasteiger partial charge in [0.25, 0.3) is 10.0 Å². The van der Waals surface area contributed by atoms with E-state index >= 15 is 0 Å². The van der Waals surface area contributed by atoms with Crippen LogP contribution in [0.25, 0.3) is 0 Å². The maximum absolute atomic E-state index is 14.1. The zero-order chi connectivity index (χ0) is 29.3. The minimum absolute atomic E-state index is 0.0674. The van der Waals surface area contributed by atoms with E-state index in [-0.39, 0.29) is 23.4 Å². The van der Waals surface area contributed by atoms with Gasteiger partial charge < -0.3 is 15.0 Å². The van der Waals surface area contributed by atoms with E-state index in [0.29, 0.717) is 17.9 Å². The first-order valence-corrected chi connectivity index (χ1v) is 14.9. The molecule has 3 aromatic carbocycles. The van der Waals surface area contributed by atoms with Crippen LogP contribution in [0.1, 0.15) is 44.7 Å². The van der Waals surface area contributed by atoms with Crippen LogP contribution >= 0.6 is 0 Å². The molecule has 9 heteroatoms. The van der Waals surface area contributed by atoms with E-state index in [2.05, 4.69) is 5.32 Å². The SMILES string of the molecule is CC[C@H](C)NC(=O)[C@H](CC)N(Cc1ccc(OC)cc1)C(=O)CN(c1ccccc1)S(=O)(=O)c1ccc(C)cc1. The molecule has 0 aliphatic rings. The molecule has 2 amide bonds. The normalized spacial score (nSPS) is 12.7. The lowest BCUT2D eigenvalue weighted by Gasteiger charge is -2.33. The van der Waals surface area contributed by atoms with Crippen molar-refractivity contribution in [1.82, 2.24) is 10.2 Å². The van der Waals surface area contributed by atoms with Gasteiger partial charge in [-0.1, -0.05) is 61.9 Å². The molecular formula is C31H39N3O5S. The van der Waals surface area contributed by atoms with Gasteiger partial charge in [-0.15, -0.1) is 0 Å². The van der Waals surface area contributed by atoms with Crippen LogP contribution in [-0.2, 0) is 26.2 Å². The molecule has 0 radical (unpaired) electrons. The molecule has 0 saturated carbocycles. The quantitative estimate of drug-likeness (QED) is 0.317. The second-order valence-corrected chi connectivity index (χ2v) is 11.6. The summed E-state index contributed by atoms with van der Waals surface area (Å²) in [6, 6.07) is 21.4. The van der Waals surface area contributed by atoms with Crippen LogP contribution in [0.5, 0.6) is 5.75 Å². The molecule has 3 rings (SSSR count). The summed E-state index contributed by atoms with van der Waals surface area (Å²) in [5, 5.41) is 2.98. The number of anilines is 1. The number of hydrogen-bond donors (Lipinski definition) is 1. The lowest BCUT2D eigenvalue weighted by atomic mass is 10.1. The predicted molar refractivity (Wildman–Crippen MR) is 158 cm³/mol. The summed E-state index contributed by atoms with van der Waals surface area (Å²) < 4.78 is 34.1. The van der Waals surface area contributed by atoms with Gasteiger partial charge in [0.1, 0.15) is 18.3 Å². The van der Waals surface area contributed by atoms with Crippen LogP contribution in [0, 0.1) is 6.92 Å². The first-order valence-electron chi connectivity index (χ1n) is 13.5. The maximum atomic E-state index is 14.1. The zero-order valence-electron chi connectivity index (χ0n) is 23.8. The second kappa shape index (κ2) is 14.0. The molecule has 0 spiro atoms. The average molecular weight is 566 g/mol. The van der Waals surface area contributed by atoms with Gasteiger partial charge in [-0.05, 0) is 68.7 Å². The number of sulfonamides is 1. The first kappa shape index (κ1) is 30.7. The van der Waals surface area contributed by atoms with Crippen LogP contribution in [0.3, 0.4) is 0 Å². The summed E-state index contributed by atoms with van der Waals surface area (Å²) in [5.41, 5.74) is 2.07. The van der Waals surface area contributed by atoms with Crippen molar-refractivity contribution in [1.29, 1.82) is 0 Å². The van der Waals surface area contributed by atoms with E-state index in [1.54, 1.807) is 61.7 Å². The Morgan fingerprint density at radius 2 is 1.52 bits per heavy atom. The number of aryl methyl sites for hydroxylation is 1. The van der Waals surface area contributed by atoms with E-state index in [1.165, 1.54) is 17.0 Å². The fourth-order valence-corrected chi connectivity index (χ4v) is 5.66. The number of benzene rings is 3. The molecule has 8 nitrogen and oxygen atoms in total. The summed E-state index contributed by atoms with van der Waals surface area (Å²) in [4.78, 5) is 28.9. The van der Waals surface area contributed by atoms with Gasteiger partial charge in [-0.3, -0.25) is 13.9 Å². The largest absolute Gasteiger partial charge is 0.497 e. The standard InChI is InChI=1S/C31H39N3O5S/c1-6-24(4)32-31(36)29(7-2)33(21-25-15-17-27(39-5)18-16-25)30(35)22-34(26-11-9-8-10-12-26)40(37,38)28-19-13-23(3)14-20-28/h8-20,24,29H,6-7,21-22H2,1-5H3,(H,32,36)/t24-,29-/m0/s1. The average Bonchev–Trinajstić information content (AvgIpc) is 2.96. The molecule has 0 heterocycles. The molecule has 0 aromatic heterocycles. The van der Waals surface area contributed by atoms with E-state index in [1.807, 2.05) is 39.8 Å². The number of carbonyl (C=O) groups is 2. The molecule has 0 bridgehead atoms. The Bertz CT molecular complexity index is 1360. The first-order chi connectivity index (χ1) is 19.1. The highest BCUT2D eigenvalue weighted by Gasteiger charge is 2.33. The maximum Gasteiger partial charge on any atom is 0.264 e. The highest BCUT2D eigenvalue weighted by atomic mass is 32.2. The van der Waals surface area contributed by atoms with Gasteiger partial charge in [0, 0.05) is 12.6 Å². The lowest BCUT2D eigenvalue weighted by Crippen LogP contribution is -2.53. The molecular weight excluding hydrogens is 526 g/mol. The summed E-state index contributed by atoms with van der Waals surface area (Å²) in [5.74, 6) is -0.0875. The Morgan fingerprint density at radius 3 is 2.08 bits per heavy atom. The van der Waals surface area contributed by atoms with E-state index in [4.69, 9.17) is 4.74 Å². The summed E-state index contributed by atoms with van der Waals surface area (Å²) >= 11 is 0. The third-order valence-electron chi connectivity index (χ3n) is 6.83. The number of ether oxygens (including phenoxy) is 1. The minimum atomic E-state index is -4.09. The van der Waals surface area contributed by atoms with Gasteiger partial charge in [-0.2, -0.15) is 0 Å². The molecule has 0 saturated heterocycles. The van der Waals surface area contributed by atoms with Crippen molar-refractivity contribution in [2.45, 2.75) is 64.1 Å². The number of para-hydroxylation sites is 1. The van der Waals surface area contributed by atoms with Gasteiger partial charge >= 0.3 is 0 Å². The van der Waals surface area contributed by atoms with Gasteiger partial charge in [0.15, 0.2) is 0 Å². The Hall–Kier alpha value is -3.85. The molecule has 0 fully saturated rings. The fourth-order valence-electron chi connectivity index (χ4n) is 4.25. The Kier molecular flexibility index (Phi) is 10.7. The number of hydrogen-bond acceptors (Lipinski definition) is 5. The number of carbonyl (C=O) groups excluding carboxylic acids is 2. The second-order valence-electron chi connectivity index (χ2n) is 9.77. The van der Waals surface area contributed by atoms with Crippen LogP contribution in [0.2, 0.25) is 0 Å². The molecule has 3 aromatic rings. The van der Waals surface area contributed by atoms with Crippen molar-refractivity contribution in [3.05, 3.63) is 90.0 Å². The molecule has 0 aliphatic heterocycles. The summed E-state index contributed by atoms with van der Waals surface area (Å²) in [6.45, 7) is 7.26. The topological polar surface area (TPSA) is 96.0 Å². The smallest absolute Gasteiger partial charge is 0.264 e. The van der Waals surface area contributed by atoms with E-state index < -0.39 is 28.5 Å². The van der Waals surface area contributed by atoms with Gasteiger partial charge in [-0.25, -0.2) is 8.42 Å². The number of methoxy groups -OCH3 is 1. The number of amides is 2. The molecule has 1 N–H and O–H groups in total. The lowest BCUT2D eigenvalue weighted by molar-refractivity contribution is -0.140. The zero-order valence-corrected chi connectivity index (χ0v) is 24.6. The molecule has 2 atom stereocenters. The number of rotatable bonds is 13. The van der Waals surface area contributed by atoms with Crippen LogP contribution in [-0.4, -0.2) is 50.9 Å². The molecule has 40 heavy (non-hydrogen) atoms. The molecule has 0 unspecified atom stereocenters. The number of nitrogens with one attached hydrogen (secondary N) is 1. The highest BCUT2D eigenvalue weighted by molar-refractivity contribution is 7.92. The third kappa shape index (κ3) is 7.63. The van der Waals surface area contributed by atoms with Crippen molar-refractivity contribution in [3.63, 3.8) is 0 Å². The van der Waals surface area contributed by atoms with Crippen molar-refractivity contribution >= 4 is 27.5 Å². The Labute approximate surface area is 238 Å². The van der Waals surface area contributed by atoms with Crippen molar-refractivity contribution < 1.29 is 22.7 Å². The van der Waals surface area contributed by atoms with Gasteiger partial charge in [0.05, 0.1) is 17.7 Å². The van der Waals surface area contributed by atoms with Crippen LogP contribution < -0.4 is 14.4 Å². The molecule has 214 valence electrons. The van der Waals surface area contributed by atoms with Crippen LogP contribution in [0.4, 0.5) is 5.69 Å². The molecule has 0 aliphatic carbocycles. The number of nitrogens with zero attached hydrogens (tertiary/aromatic N) is 2.